The Hall–Kier alpha value is -2.08. The van der Waals surface area contributed by atoms with Crippen LogP contribution in [0.4, 0.5) is 4.79 Å². The third-order valence-corrected chi connectivity index (χ3v) is 3.64. The van der Waals surface area contributed by atoms with Gasteiger partial charge in [0, 0.05) is 19.6 Å². The monoisotopic (exact) mass is 321 g/mol. The third kappa shape index (κ3) is 3.82. The lowest BCUT2D eigenvalue weighted by molar-refractivity contribution is -0.190. The Balaban J connectivity index is 2.16. The zero-order valence-corrected chi connectivity index (χ0v) is 13.6. The van der Waals surface area contributed by atoms with Gasteiger partial charge in [-0.05, 0) is 31.9 Å². The number of hydrogen-bond donors (Lipinski definition) is 0. The van der Waals surface area contributed by atoms with Crippen LogP contribution in [0.1, 0.15) is 33.1 Å². The molecule has 126 valence electrons. The zero-order valence-electron chi connectivity index (χ0n) is 13.6. The fourth-order valence-electron chi connectivity index (χ4n) is 2.64. The summed E-state index contributed by atoms with van der Waals surface area (Å²) in [4.78, 5) is 26.3. The first-order valence-corrected chi connectivity index (χ1v) is 7.99. The minimum atomic E-state index is -1.38. The maximum absolute atomic E-state index is 12.5. The summed E-state index contributed by atoms with van der Waals surface area (Å²) in [6.45, 7) is 4.70. The summed E-state index contributed by atoms with van der Waals surface area (Å²) in [5, 5.41) is 0. The molecule has 0 aromatic heterocycles. The van der Waals surface area contributed by atoms with Crippen molar-refractivity contribution in [3.8, 4) is 5.75 Å². The van der Waals surface area contributed by atoms with E-state index in [4.69, 9.17) is 14.2 Å². The molecule has 0 spiro atoms. The number of esters is 1. The van der Waals surface area contributed by atoms with Gasteiger partial charge >= 0.3 is 12.1 Å². The molecule has 0 aliphatic carbocycles. The molecule has 1 heterocycles. The topological polar surface area (TPSA) is 65.1 Å². The molecule has 0 radical (unpaired) electrons. The molecule has 23 heavy (non-hydrogen) atoms. The van der Waals surface area contributed by atoms with E-state index in [0.717, 1.165) is 0 Å². The summed E-state index contributed by atoms with van der Waals surface area (Å²) < 4.78 is 16.3. The van der Waals surface area contributed by atoms with Crippen LogP contribution in [0.3, 0.4) is 0 Å². The number of amides is 1. The molecule has 1 atom stereocenters. The van der Waals surface area contributed by atoms with Crippen molar-refractivity contribution in [1.29, 1.82) is 0 Å². The Morgan fingerprint density at radius 3 is 2.61 bits per heavy atom. The van der Waals surface area contributed by atoms with E-state index in [9.17, 15) is 9.59 Å². The molecule has 1 fully saturated rings. The summed E-state index contributed by atoms with van der Waals surface area (Å²) in [6, 6.07) is 8.76. The number of hydrogen-bond acceptors (Lipinski definition) is 5. The Morgan fingerprint density at radius 1 is 1.22 bits per heavy atom. The largest absolute Gasteiger partial charge is 0.462 e. The highest BCUT2D eigenvalue weighted by Gasteiger charge is 2.53. The molecule has 1 aliphatic rings. The van der Waals surface area contributed by atoms with Crippen LogP contribution < -0.4 is 4.74 Å². The van der Waals surface area contributed by atoms with Crippen LogP contribution in [0, 0.1) is 0 Å². The SMILES string of the molecule is CCCOC(=O)[C@]1(OCC)CCCN1C(=O)Oc1ccccc1. The second-order valence-electron chi connectivity index (χ2n) is 5.29. The fourth-order valence-corrected chi connectivity index (χ4v) is 2.64. The van der Waals surface area contributed by atoms with Crippen LogP contribution in [0.15, 0.2) is 30.3 Å². The number of rotatable bonds is 6. The Bertz CT molecular complexity index is 533. The molecular weight excluding hydrogens is 298 g/mol. The number of ether oxygens (including phenoxy) is 3. The molecule has 1 aromatic carbocycles. The van der Waals surface area contributed by atoms with Gasteiger partial charge in [0.15, 0.2) is 0 Å². The van der Waals surface area contributed by atoms with Gasteiger partial charge in [-0.3, -0.25) is 4.90 Å². The van der Waals surface area contributed by atoms with Crippen molar-refractivity contribution in [2.24, 2.45) is 0 Å². The van der Waals surface area contributed by atoms with E-state index in [0.29, 0.717) is 44.8 Å². The molecule has 1 amide bonds. The van der Waals surface area contributed by atoms with E-state index in [1.165, 1.54) is 4.90 Å². The third-order valence-electron chi connectivity index (χ3n) is 3.64. The van der Waals surface area contributed by atoms with E-state index >= 15 is 0 Å². The zero-order chi connectivity index (χ0) is 16.7. The van der Waals surface area contributed by atoms with Gasteiger partial charge in [-0.2, -0.15) is 0 Å². The Morgan fingerprint density at radius 2 is 1.96 bits per heavy atom. The standard InChI is InChI=1S/C17H23NO5/c1-3-13-21-15(19)17(22-4-2)11-8-12-18(17)16(20)23-14-9-6-5-7-10-14/h5-7,9-10H,3-4,8,11-13H2,1-2H3/t17-/m1/s1. The molecule has 1 aliphatic heterocycles. The summed E-state index contributed by atoms with van der Waals surface area (Å²) in [7, 11) is 0. The van der Waals surface area contributed by atoms with Crippen molar-refractivity contribution < 1.29 is 23.8 Å². The molecule has 0 saturated carbocycles. The van der Waals surface area contributed by atoms with Gasteiger partial charge in [-0.25, -0.2) is 9.59 Å². The summed E-state index contributed by atoms with van der Waals surface area (Å²) in [5.74, 6) is -0.0968. The summed E-state index contributed by atoms with van der Waals surface area (Å²) in [6.07, 6.45) is 1.18. The second-order valence-corrected chi connectivity index (χ2v) is 5.29. The number of likely N-dealkylation sites (tertiary alicyclic amines) is 1. The molecule has 1 saturated heterocycles. The van der Waals surface area contributed by atoms with Crippen molar-refractivity contribution in [3.05, 3.63) is 30.3 Å². The number of benzene rings is 1. The van der Waals surface area contributed by atoms with Crippen molar-refractivity contribution in [2.75, 3.05) is 19.8 Å². The molecule has 0 bridgehead atoms. The number of nitrogens with zero attached hydrogens (tertiary/aromatic N) is 1. The molecule has 6 nitrogen and oxygen atoms in total. The van der Waals surface area contributed by atoms with Gasteiger partial charge in [-0.1, -0.05) is 25.1 Å². The Kier molecular flexibility index (Phi) is 5.98. The fraction of sp³-hybridized carbons (Fsp3) is 0.529. The van der Waals surface area contributed by atoms with E-state index in [1.54, 1.807) is 31.2 Å². The van der Waals surface area contributed by atoms with Crippen molar-refractivity contribution in [2.45, 2.75) is 38.8 Å². The highest BCUT2D eigenvalue weighted by atomic mass is 16.6. The van der Waals surface area contributed by atoms with Crippen LogP contribution in [-0.4, -0.2) is 42.4 Å². The lowest BCUT2D eigenvalue weighted by atomic mass is 10.1. The lowest BCUT2D eigenvalue weighted by Gasteiger charge is -2.34. The van der Waals surface area contributed by atoms with Crippen LogP contribution in [0.25, 0.3) is 0 Å². The van der Waals surface area contributed by atoms with Gasteiger partial charge < -0.3 is 14.2 Å². The second kappa shape index (κ2) is 7.97. The van der Waals surface area contributed by atoms with Crippen LogP contribution in [0.5, 0.6) is 5.75 Å². The number of carbonyl (C=O) groups excluding carboxylic acids is 2. The average molecular weight is 321 g/mol. The smallest absolute Gasteiger partial charge is 0.417 e. The average Bonchev–Trinajstić information content (AvgIpc) is 2.99. The van der Waals surface area contributed by atoms with Gasteiger partial charge in [0.2, 0.25) is 5.72 Å². The Labute approximate surface area is 136 Å². The van der Waals surface area contributed by atoms with Crippen molar-refractivity contribution in [3.63, 3.8) is 0 Å². The molecule has 0 N–H and O–H groups in total. The summed E-state index contributed by atoms with van der Waals surface area (Å²) >= 11 is 0. The van der Waals surface area contributed by atoms with E-state index in [1.807, 2.05) is 13.0 Å². The first-order chi connectivity index (χ1) is 11.1. The van der Waals surface area contributed by atoms with E-state index in [2.05, 4.69) is 0 Å². The normalized spacial score (nSPS) is 20.3. The molecule has 1 aromatic rings. The molecule has 6 heteroatoms. The van der Waals surface area contributed by atoms with Crippen LogP contribution in [-0.2, 0) is 14.3 Å². The predicted octanol–water partition coefficient (Wildman–Crippen LogP) is 2.97. The van der Waals surface area contributed by atoms with Crippen molar-refractivity contribution >= 4 is 12.1 Å². The highest BCUT2D eigenvalue weighted by molar-refractivity contribution is 5.85. The van der Waals surface area contributed by atoms with Crippen LogP contribution in [0.2, 0.25) is 0 Å². The van der Waals surface area contributed by atoms with Gasteiger partial charge in [0.05, 0.1) is 6.61 Å². The van der Waals surface area contributed by atoms with Gasteiger partial charge in [-0.15, -0.1) is 0 Å². The highest BCUT2D eigenvalue weighted by Crippen LogP contribution is 2.33. The summed E-state index contributed by atoms with van der Waals surface area (Å²) in [5.41, 5.74) is -1.38. The molecular formula is C17H23NO5. The minimum Gasteiger partial charge on any atom is -0.462 e. The molecule has 2 rings (SSSR count). The quantitative estimate of drug-likeness (QED) is 0.754. The van der Waals surface area contributed by atoms with Crippen LogP contribution >= 0.6 is 0 Å². The molecule has 0 unspecified atom stereocenters. The van der Waals surface area contributed by atoms with Crippen molar-refractivity contribution in [1.82, 2.24) is 4.90 Å². The number of carbonyl (C=O) groups is 2. The van der Waals surface area contributed by atoms with Gasteiger partial charge in [0.25, 0.3) is 0 Å². The first-order valence-electron chi connectivity index (χ1n) is 7.99. The minimum absolute atomic E-state index is 0.301. The predicted molar refractivity (Wildman–Crippen MR) is 84.0 cm³/mol. The lowest BCUT2D eigenvalue weighted by Crippen LogP contribution is -2.56. The maximum atomic E-state index is 12.5. The van der Waals surface area contributed by atoms with E-state index < -0.39 is 17.8 Å². The van der Waals surface area contributed by atoms with Gasteiger partial charge in [0.1, 0.15) is 5.75 Å². The number of para-hydroxylation sites is 1. The van der Waals surface area contributed by atoms with E-state index in [-0.39, 0.29) is 0 Å². The maximum Gasteiger partial charge on any atom is 0.417 e. The first kappa shape index (κ1) is 17.3.